The molecule has 0 saturated carbocycles. The van der Waals surface area contributed by atoms with Crippen LogP contribution in [0.3, 0.4) is 0 Å². The molecule has 2 aromatic carbocycles. The van der Waals surface area contributed by atoms with E-state index in [9.17, 15) is 9.59 Å². The molecule has 1 unspecified atom stereocenters. The maximum Gasteiger partial charge on any atom is 0.365 e. The highest BCUT2D eigenvalue weighted by Gasteiger charge is 2.22. The molecule has 0 fully saturated rings. The van der Waals surface area contributed by atoms with Gasteiger partial charge in [0.05, 0.1) is 6.61 Å². The molecule has 0 saturated heterocycles. The van der Waals surface area contributed by atoms with Gasteiger partial charge in [-0.1, -0.05) is 60.7 Å². The van der Waals surface area contributed by atoms with E-state index in [4.69, 9.17) is 4.74 Å². The fourth-order valence-electron chi connectivity index (χ4n) is 2.60. The third-order valence-electron chi connectivity index (χ3n) is 3.92. The van der Waals surface area contributed by atoms with Gasteiger partial charge in [0.2, 0.25) is 0 Å². The van der Waals surface area contributed by atoms with Crippen molar-refractivity contribution in [2.45, 2.75) is 19.9 Å². The summed E-state index contributed by atoms with van der Waals surface area (Å²) in [6, 6.07) is 18.0. The molecule has 0 spiro atoms. The topological polar surface area (TPSA) is 74.1 Å². The van der Waals surface area contributed by atoms with Gasteiger partial charge in [0.15, 0.2) is 6.04 Å². The highest BCUT2D eigenvalue weighted by atomic mass is 16.5. The number of hydrogen-bond acceptors (Lipinski definition) is 5. The summed E-state index contributed by atoms with van der Waals surface area (Å²) in [5.74, 6) is -0.518. The molecule has 0 aliphatic carbocycles. The Bertz CT molecular complexity index is 953. The van der Waals surface area contributed by atoms with Gasteiger partial charge in [-0.2, -0.15) is 14.8 Å². The Morgan fingerprint density at radius 3 is 2.08 bits per heavy atom. The van der Waals surface area contributed by atoms with E-state index in [1.54, 1.807) is 13.8 Å². The van der Waals surface area contributed by atoms with Crippen LogP contribution >= 0.6 is 0 Å². The monoisotopic (exact) mass is 349 g/mol. The van der Waals surface area contributed by atoms with E-state index in [1.165, 1.54) is 0 Å². The van der Waals surface area contributed by atoms with Crippen LogP contribution in [0.25, 0.3) is 22.5 Å². The van der Waals surface area contributed by atoms with Crippen LogP contribution in [0.15, 0.2) is 65.5 Å². The number of esters is 1. The molecule has 0 aliphatic heterocycles. The average molecular weight is 349 g/mol. The summed E-state index contributed by atoms with van der Waals surface area (Å²) in [6.45, 7) is 3.52. The van der Waals surface area contributed by atoms with Gasteiger partial charge in [0, 0.05) is 11.1 Å². The molecule has 6 heteroatoms. The number of carbonyl (C=O) groups is 1. The van der Waals surface area contributed by atoms with Crippen molar-refractivity contribution in [3.8, 4) is 22.5 Å². The van der Waals surface area contributed by atoms with Gasteiger partial charge < -0.3 is 4.74 Å². The minimum atomic E-state index is -0.859. The lowest BCUT2D eigenvalue weighted by molar-refractivity contribution is -0.147. The lowest BCUT2D eigenvalue weighted by atomic mass is 10.0. The molecule has 1 heterocycles. The Morgan fingerprint density at radius 2 is 1.54 bits per heavy atom. The van der Waals surface area contributed by atoms with Gasteiger partial charge in [-0.25, -0.2) is 9.59 Å². The van der Waals surface area contributed by atoms with Crippen molar-refractivity contribution < 1.29 is 9.53 Å². The van der Waals surface area contributed by atoms with Gasteiger partial charge in [-0.15, -0.1) is 0 Å². The van der Waals surface area contributed by atoms with Crippen LogP contribution in [0.5, 0.6) is 0 Å². The van der Waals surface area contributed by atoms with Gasteiger partial charge in [-0.3, -0.25) is 0 Å². The molecular weight excluding hydrogens is 330 g/mol. The third-order valence-corrected chi connectivity index (χ3v) is 3.92. The van der Waals surface area contributed by atoms with Crippen molar-refractivity contribution in [1.82, 2.24) is 14.8 Å². The first-order valence-corrected chi connectivity index (χ1v) is 8.40. The SMILES string of the molecule is CCOC(=O)C(C)n1nc(-c2ccccc2)c(-c2ccccc2)nc1=O. The molecule has 3 rings (SSSR count). The Hall–Kier alpha value is -3.28. The summed E-state index contributed by atoms with van der Waals surface area (Å²) in [5.41, 5.74) is 2.02. The first-order chi connectivity index (χ1) is 12.6. The third kappa shape index (κ3) is 3.54. The first kappa shape index (κ1) is 17.5. The van der Waals surface area contributed by atoms with E-state index < -0.39 is 17.7 Å². The second kappa shape index (κ2) is 7.74. The normalized spacial score (nSPS) is 11.8. The molecule has 6 nitrogen and oxygen atoms in total. The smallest absolute Gasteiger partial charge is 0.365 e. The zero-order valence-corrected chi connectivity index (χ0v) is 14.6. The Morgan fingerprint density at radius 1 is 1.00 bits per heavy atom. The molecule has 1 aromatic heterocycles. The minimum absolute atomic E-state index is 0.235. The van der Waals surface area contributed by atoms with Crippen LogP contribution in [-0.2, 0) is 9.53 Å². The van der Waals surface area contributed by atoms with Crippen LogP contribution in [0, 0.1) is 0 Å². The summed E-state index contributed by atoms with van der Waals surface area (Å²) >= 11 is 0. The van der Waals surface area contributed by atoms with E-state index >= 15 is 0 Å². The number of carbonyl (C=O) groups excluding carboxylic acids is 1. The molecule has 0 amide bonds. The number of nitrogens with zero attached hydrogens (tertiary/aromatic N) is 3. The average Bonchev–Trinajstić information content (AvgIpc) is 2.69. The Balaban J connectivity index is 2.19. The standard InChI is InChI=1S/C20H19N3O3/c1-3-26-19(24)14(2)23-20(25)21-17(15-10-6-4-7-11-15)18(22-23)16-12-8-5-9-13-16/h4-14H,3H2,1-2H3. The largest absolute Gasteiger partial charge is 0.464 e. The van der Waals surface area contributed by atoms with Gasteiger partial charge in [0.1, 0.15) is 11.4 Å². The molecular formula is C20H19N3O3. The second-order valence-electron chi connectivity index (χ2n) is 5.70. The highest BCUT2D eigenvalue weighted by Crippen LogP contribution is 2.27. The van der Waals surface area contributed by atoms with E-state index in [1.807, 2.05) is 60.7 Å². The van der Waals surface area contributed by atoms with Crippen LogP contribution in [0.4, 0.5) is 0 Å². The maximum absolute atomic E-state index is 12.5. The number of aromatic nitrogens is 3. The Kier molecular flexibility index (Phi) is 5.22. The van der Waals surface area contributed by atoms with Gasteiger partial charge in [0.25, 0.3) is 0 Å². The Labute approximate surface area is 151 Å². The fourth-order valence-corrected chi connectivity index (χ4v) is 2.60. The van der Waals surface area contributed by atoms with Crippen molar-refractivity contribution >= 4 is 5.97 Å². The summed E-state index contributed by atoms with van der Waals surface area (Å²) in [6.07, 6.45) is 0. The van der Waals surface area contributed by atoms with Crippen molar-refractivity contribution in [2.24, 2.45) is 0 Å². The lowest BCUT2D eigenvalue weighted by Crippen LogP contribution is -2.34. The van der Waals surface area contributed by atoms with Crippen molar-refractivity contribution in [1.29, 1.82) is 0 Å². The number of rotatable bonds is 5. The molecule has 26 heavy (non-hydrogen) atoms. The van der Waals surface area contributed by atoms with E-state index in [-0.39, 0.29) is 6.61 Å². The highest BCUT2D eigenvalue weighted by molar-refractivity contribution is 5.77. The molecule has 132 valence electrons. The molecule has 3 aromatic rings. The van der Waals surface area contributed by atoms with Crippen LogP contribution in [-0.4, -0.2) is 27.3 Å². The molecule has 0 radical (unpaired) electrons. The minimum Gasteiger partial charge on any atom is -0.464 e. The van der Waals surface area contributed by atoms with E-state index in [0.29, 0.717) is 11.4 Å². The van der Waals surface area contributed by atoms with E-state index in [0.717, 1.165) is 15.8 Å². The number of hydrogen-bond donors (Lipinski definition) is 0. The van der Waals surface area contributed by atoms with Crippen LogP contribution < -0.4 is 5.69 Å². The fraction of sp³-hybridized carbons (Fsp3) is 0.200. The lowest BCUT2D eigenvalue weighted by Gasteiger charge is -2.15. The summed E-state index contributed by atoms with van der Waals surface area (Å²) < 4.78 is 6.08. The van der Waals surface area contributed by atoms with Crippen molar-refractivity contribution in [3.63, 3.8) is 0 Å². The summed E-state index contributed by atoms with van der Waals surface area (Å²) in [4.78, 5) is 28.8. The van der Waals surface area contributed by atoms with Gasteiger partial charge >= 0.3 is 11.7 Å². The van der Waals surface area contributed by atoms with Crippen LogP contribution in [0.2, 0.25) is 0 Å². The second-order valence-corrected chi connectivity index (χ2v) is 5.70. The quantitative estimate of drug-likeness (QED) is 0.662. The predicted molar refractivity (Wildman–Crippen MR) is 98.5 cm³/mol. The number of benzene rings is 2. The maximum atomic E-state index is 12.5. The van der Waals surface area contributed by atoms with E-state index in [2.05, 4.69) is 10.1 Å². The molecule has 0 N–H and O–H groups in total. The number of ether oxygens (including phenoxy) is 1. The van der Waals surface area contributed by atoms with Crippen molar-refractivity contribution in [3.05, 3.63) is 71.1 Å². The van der Waals surface area contributed by atoms with Gasteiger partial charge in [-0.05, 0) is 13.8 Å². The summed E-state index contributed by atoms with van der Waals surface area (Å²) in [5, 5.41) is 4.46. The molecule has 0 bridgehead atoms. The van der Waals surface area contributed by atoms with Crippen LogP contribution in [0.1, 0.15) is 19.9 Å². The molecule has 0 aliphatic rings. The zero-order chi connectivity index (χ0) is 18.5. The van der Waals surface area contributed by atoms with Crippen molar-refractivity contribution in [2.75, 3.05) is 6.61 Å². The predicted octanol–water partition coefficient (Wildman–Crippen LogP) is 3.10. The first-order valence-electron chi connectivity index (χ1n) is 8.40. The summed E-state index contributed by atoms with van der Waals surface area (Å²) in [7, 11) is 0. The zero-order valence-electron chi connectivity index (χ0n) is 14.6. The molecule has 1 atom stereocenters.